The van der Waals surface area contributed by atoms with E-state index in [1.54, 1.807) is 34.9 Å². The molecule has 0 saturated heterocycles. The Balaban J connectivity index is 1.95. The number of carbonyl (C=O) groups excluding carboxylic acids is 1. The van der Waals surface area contributed by atoms with E-state index in [0.717, 1.165) is 26.8 Å². The van der Waals surface area contributed by atoms with Gasteiger partial charge in [0.2, 0.25) is 0 Å². The van der Waals surface area contributed by atoms with Crippen molar-refractivity contribution >= 4 is 56.1 Å². The zero-order valence-electron chi connectivity index (χ0n) is 17.5. The number of anilines is 1. The molecule has 0 radical (unpaired) electrons. The second kappa shape index (κ2) is 9.98. The Morgan fingerprint density at radius 1 is 1.10 bits per heavy atom. The molecule has 0 aliphatic heterocycles. The number of benzene rings is 2. The lowest BCUT2D eigenvalue weighted by Crippen LogP contribution is -2.36. The number of hydrogen-bond acceptors (Lipinski definition) is 6. The van der Waals surface area contributed by atoms with Crippen LogP contribution in [0.4, 0.5) is 5.13 Å². The van der Waals surface area contributed by atoms with E-state index >= 15 is 0 Å². The van der Waals surface area contributed by atoms with E-state index in [9.17, 15) is 4.79 Å². The predicted octanol–water partition coefficient (Wildman–Crippen LogP) is 5.73. The van der Waals surface area contributed by atoms with Gasteiger partial charge >= 0.3 is 0 Å². The molecule has 0 unspecified atom stereocenters. The average Bonchev–Trinajstić information content (AvgIpc) is 3.10. The third kappa shape index (κ3) is 5.75. The van der Waals surface area contributed by atoms with E-state index in [1.165, 1.54) is 4.90 Å². The molecule has 1 heterocycles. The van der Waals surface area contributed by atoms with Gasteiger partial charge in [0.15, 0.2) is 5.13 Å². The molecule has 0 fully saturated rings. The molecule has 0 bridgehead atoms. The van der Waals surface area contributed by atoms with Gasteiger partial charge in [0.05, 0.1) is 10.2 Å². The van der Waals surface area contributed by atoms with Gasteiger partial charge in [-0.1, -0.05) is 31.3 Å². The average molecular weight is 446 g/mol. The van der Waals surface area contributed by atoms with Crippen molar-refractivity contribution in [3.05, 3.63) is 48.0 Å². The Labute approximate surface area is 185 Å². The fourth-order valence-corrected chi connectivity index (χ4v) is 5.29. The highest BCUT2D eigenvalue weighted by molar-refractivity contribution is 8.00. The van der Waals surface area contributed by atoms with Crippen LogP contribution in [0.3, 0.4) is 0 Å². The minimum Gasteiger partial charge on any atom is -0.308 e. The van der Waals surface area contributed by atoms with Crippen LogP contribution in [0.5, 0.6) is 0 Å². The SMILES string of the molecule is CSc1ccc2nc(N(CCN(C)C)C(=O)c3cccc(SC(C)C)c3)sc2c1. The fraction of sp³-hybridized carbons (Fsp3) is 0.364. The first-order valence-electron chi connectivity index (χ1n) is 9.55. The summed E-state index contributed by atoms with van der Waals surface area (Å²) in [5.41, 5.74) is 1.65. The normalized spacial score (nSPS) is 11.6. The lowest BCUT2D eigenvalue weighted by atomic mass is 10.2. The monoisotopic (exact) mass is 445 g/mol. The predicted molar refractivity (Wildman–Crippen MR) is 129 cm³/mol. The molecule has 0 atom stereocenters. The van der Waals surface area contributed by atoms with Crippen LogP contribution in [-0.4, -0.2) is 54.5 Å². The van der Waals surface area contributed by atoms with E-state index in [-0.39, 0.29) is 5.91 Å². The van der Waals surface area contributed by atoms with Gasteiger partial charge in [0, 0.05) is 33.7 Å². The number of carbonyl (C=O) groups is 1. The largest absolute Gasteiger partial charge is 0.308 e. The standard InChI is InChI=1S/C22H27N3OS3/c1-15(2)28-18-8-6-7-16(13-18)21(26)25(12-11-24(3)4)22-23-19-10-9-17(27-5)14-20(19)29-22/h6-10,13-15H,11-12H2,1-5H3. The number of thioether (sulfide) groups is 2. The van der Waals surface area contributed by atoms with Crippen LogP contribution in [0.25, 0.3) is 10.2 Å². The van der Waals surface area contributed by atoms with Gasteiger partial charge in [-0.05, 0) is 56.7 Å². The molecule has 154 valence electrons. The van der Waals surface area contributed by atoms with Crippen LogP contribution in [0.2, 0.25) is 0 Å². The van der Waals surface area contributed by atoms with Crippen molar-refractivity contribution in [1.82, 2.24) is 9.88 Å². The van der Waals surface area contributed by atoms with E-state index in [2.05, 4.69) is 43.2 Å². The summed E-state index contributed by atoms with van der Waals surface area (Å²) in [5, 5.41) is 1.23. The smallest absolute Gasteiger partial charge is 0.260 e. The highest BCUT2D eigenvalue weighted by atomic mass is 32.2. The van der Waals surface area contributed by atoms with Gasteiger partial charge in [-0.3, -0.25) is 9.69 Å². The van der Waals surface area contributed by atoms with Gasteiger partial charge in [-0.25, -0.2) is 4.98 Å². The van der Waals surface area contributed by atoms with Crippen LogP contribution in [0, 0.1) is 0 Å². The second-order valence-corrected chi connectivity index (χ2v) is 10.8. The van der Waals surface area contributed by atoms with Gasteiger partial charge in [-0.2, -0.15) is 0 Å². The van der Waals surface area contributed by atoms with E-state index in [4.69, 9.17) is 4.98 Å². The van der Waals surface area contributed by atoms with Crippen molar-refractivity contribution in [2.45, 2.75) is 28.9 Å². The fourth-order valence-electron chi connectivity index (χ4n) is 2.85. The summed E-state index contributed by atoms with van der Waals surface area (Å²) < 4.78 is 1.11. The summed E-state index contributed by atoms with van der Waals surface area (Å²) in [5.74, 6) is 0.00204. The maximum Gasteiger partial charge on any atom is 0.260 e. The van der Waals surface area contributed by atoms with Gasteiger partial charge in [0.1, 0.15) is 0 Å². The molecule has 3 rings (SSSR count). The molecular formula is C22H27N3OS3. The molecule has 2 aromatic carbocycles. The number of hydrogen-bond donors (Lipinski definition) is 0. The highest BCUT2D eigenvalue weighted by Crippen LogP contribution is 2.32. The van der Waals surface area contributed by atoms with E-state index in [1.807, 2.05) is 43.3 Å². The minimum atomic E-state index is 0.00204. The van der Waals surface area contributed by atoms with Gasteiger partial charge in [0.25, 0.3) is 5.91 Å². The Morgan fingerprint density at radius 2 is 1.90 bits per heavy atom. The highest BCUT2D eigenvalue weighted by Gasteiger charge is 2.22. The van der Waals surface area contributed by atoms with Gasteiger partial charge < -0.3 is 4.90 Å². The van der Waals surface area contributed by atoms with Crippen LogP contribution in [0.15, 0.2) is 52.3 Å². The third-order valence-electron chi connectivity index (χ3n) is 4.28. The number of rotatable bonds is 8. The Morgan fingerprint density at radius 3 is 2.59 bits per heavy atom. The summed E-state index contributed by atoms with van der Waals surface area (Å²) in [6.45, 7) is 5.69. The first-order chi connectivity index (χ1) is 13.9. The van der Waals surface area contributed by atoms with Crippen LogP contribution < -0.4 is 4.90 Å². The lowest BCUT2D eigenvalue weighted by Gasteiger charge is -2.22. The summed E-state index contributed by atoms with van der Waals surface area (Å²) in [6, 6.07) is 14.2. The number of nitrogens with zero attached hydrogens (tertiary/aromatic N) is 3. The molecular weight excluding hydrogens is 418 g/mol. The number of amides is 1. The molecule has 1 amide bonds. The molecule has 0 spiro atoms. The van der Waals surface area contributed by atoms with E-state index in [0.29, 0.717) is 17.4 Å². The zero-order valence-corrected chi connectivity index (χ0v) is 20.0. The number of aromatic nitrogens is 1. The first kappa shape index (κ1) is 22.2. The molecule has 4 nitrogen and oxygen atoms in total. The summed E-state index contributed by atoms with van der Waals surface area (Å²) in [4.78, 5) is 24.5. The quantitative estimate of drug-likeness (QED) is 0.414. The number of likely N-dealkylation sites (N-methyl/N-ethyl adjacent to an activating group) is 1. The zero-order chi connectivity index (χ0) is 21.0. The maximum atomic E-state index is 13.5. The molecule has 3 aromatic rings. The van der Waals surface area contributed by atoms with Crippen molar-refractivity contribution in [3.8, 4) is 0 Å². The molecule has 0 aliphatic carbocycles. The van der Waals surface area contributed by atoms with E-state index < -0.39 is 0 Å². The number of thiazole rings is 1. The molecule has 7 heteroatoms. The molecule has 0 aliphatic rings. The third-order valence-corrected chi connectivity index (χ3v) is 7.05. The molecule has 0 saturated carbocycles. The van der Waals surface area contributed by atoms with Gasteiger partial charge in [-0.15, -0.1) is 23.5 Å². The first-order valence-corrected chi connectivity index (χ1v) is 12.5. The second-order valence-electron chi connectivity index (χ2n) is 7.28. The molecule has 1 aromatic heterocycles. The Hall–Kier alpha value is -1.54. The van der Waals surface area contributed by atoms with Crippen LogP contribution in [-0.2, 0) is 0 Å². The number of fused-ring (bicyclic) bond motifs is 1. The van der Waals surface area contributed by atoms with Crippen molar-refractivity contribution in [3.63, 3.8) is 0 Å². The van der Waals surface area contributed by atoms with Crippen molar-refractivity contribution in [2.24, 2.45) is 0 Å². The maximum absolute atomic E-state index is 13.5. The van der Waals surface area contributed by atoms with Crippen molar-refractivity contribution in [2.75, 3.05) is 38.3 Å². The minimum absolute atomic E-state index is 0.00204. The lowest BCUT2D eigenvalue weighted by molar-refractivity contribution is 0.0985. The summed E-state index contributed by atoms with van der Waals surface area (Å²) in [7, 11) is 4.04. The van der Waals surface area contributed by atoms with Crippen LogP contribution in [0.1, 0.15) is 24.2 Å². The molecule has 29 heavy (non-hydrogen) atoms. The molecule has 0 N–H and O–H groups in total. The Bertz CT molecular complexity index is 984. The van der Waals surface area contributed by atoms with Crippen LogP contribution >= 0.6 is 34.9 Å². The van der Waals surface area contributed by atoms with Crippen molar-refractivity contribution in [1.29, 1.82) is 0 Å². The Kier molecular flexibility index (Phi) is 7.62. The summed E-state index contributed by atoms with van der Waals surface area (Å²) >= 11 is 5.07. The summed E-state index contributed by atoms with van der Waals surface area (Å²) in [6.07, 6.45) is 2.07. The topological polar surface area (TPSA) is 36.4 Å². The van der Waals surface area contributed by atoms with Crippen molar-refractivity contribution < 1.29 is 4.79 Å².